The van der Waals surface area contributed by atoms with Crippen molar-refractivity contribution in [1.82, 2.24) is 25.0 Å². The normalized spacial score (nSPS) is 17.8. The monoisotopic (exact) mass is 685 g/mol. The number of phenolic OH excluding ortho intramolecular Hbond substituents is 1. The van der Waals surface area contributed by atoms with Crippen molar-refractivity contribution in [2.75, 3.05) is 26.3 Å². The van der Waals surface area contributed by atoms with Gasteiger partial charge in [0.25, 0.3) is 5.91 Å². The number of rotatable bonds is 10. The Morgan fingerprint density at radius 2 is 1.82 bits per heavy atom. The van der Waals surface area contributed by atoms with Crippen molar-refractivity contribution in [3.63, 3.8) is 0 Å². The Kier molecular flexibility index (Phi) is 12.7. The van der Waals surface area contributed by atoms with Crippen LogP contribution in [0.3, 0.4) is 0 Å². The van der Waals surface area contributed by atoms with E-state index in [1.54, 1.807) is 22.9 Å². The summed E-state index contributed by atoms with van der Waals surface area (Å²) in [6.07, 6.45) is 8.35. The smallest absolute Gasteiger partial charge is 0.272 e. The quantitative estimate of drug-likeness (QED) is 0.168. The van der Waals surface area contributed by atoms with Gasteiger partial charge >= 0.3 is 0 Å². The molecule has 1 saturated heterocycles. The molecule has 2 N–H and O–H groups in total. The molecule has 2 aliphatic rings. The number of aromatic nitrogens is 3. The number of benzene rings is 2. The van der Waals surface area contributed by atoms with Gasteiger partial charge < -0.3 is 19.9 Å². The number of halogens is 1. The molecule has 1 amide bonds. The fourth-order valence-corrected chi connectivity index (χ4v) is 6.53. The third-order valence-corrected chi connectivity index (χ3v) is 9.37. The van der Waals surface area contributed by atoms with Gasteiger partial charge in [0, 0.05) is 38.4 Å². The number of morpholine rings is 1. The van der Waals surface area contributed by atoms with Gasteiger partial charge in [-0.2, -0.15) is 5.10 Å². The van der Waals surface area contributed by atoms with Gasteiger partial charge in [0.2, 0.25) is 5.88 Å². The molecule has 2 aromatic carbocycles. The number of amides is 1. The lowest BCUT2D eigenvalue weighted by atomic mass is 9.83. The third kappa shape index (κ3) is 9.98. The predicted octanol–water partition coefficient (Wildman–Crippen LogP) is 7.24. The van der Waals surface area contributed by atoms with E-state index in [9.17, 15) is 19.1 Å². The van der Waals surface area contributed by atoms with Gasteiger partial charge in [-0.3, -0.25) is 19.2 Å². The van der Waals surface area contributed by atoms with Crippen LogP contribution in [0.5, 0.6) is 17.4 Å². The summed E-state index contributed by atoms with van der Waals surface area (Å²) < 4.78 is 26.5. The summed E-state index contributed by atoms with van der Waals surface area (Å²) in [5.74, 6) is 0.668. The molecule has 50 heavy (non-hydrogen) atoms. The standard InChI is InChI=1S/C24H23FN2O4.C15H25N3O/c1-16(28)23-13-19(25)14-26-24(23)31-21-4-2-3-17(12-21)22-6-5-20(29)11-18(22)15-27-7-9-30-10-8-27;1-4-5-12-6-8-13(9-7-12)16-15(19)14-10-11(2)18(3)17-14/h2-6,11-14,29H,7-10,15H2,1H3;10,12-13H,4-9H2,1-3H3,(H,16,19). The average Bonchev–Trinajstić information content (AvgIpc) is 3.45. The molecule has 266 valence electrons. The lowest BCUT2D eigenvalue weighted by Crippen LogP contribution is -2.37. The van der Waals surface area contributed by atoms with Crippen LogP contribution in [0, 0.1) is 18.7 Å². The fourth-order valence-electron chi connectivity index (χ4n) is 6.53. The highest BCUT2D eigenvalue weighted by molar-refractivity contribution is 5.96. The van der Waals surface area contributed by atoms with E-state index in [2.05, 4.69) is 27.2 Å². The zero-order chi connectivity index (χ0) is 35.6. The van der Waals surface area contributed by atoms with Crippen molar-refractivity contribution in [3.8, 4) is 28.5 Å². The van der Waals surface area contributed by atoms with Crippen LogP contribution in [0.1, 0.15) is 84.5 Å². The maximum Gasteiger partial charge on any atom is 0.272 e. The minimum atomic E-state index is -0.594. The number of Topliss-reactive ketones (excluding diaryl/α,β-unsaturated/α-hetero) is 1. The summed E-state index contributed by atoms with van der Waals surface area (Å²) >= 11 is 0. The third-order valence-electron chi connectivity index (χ3n) is 9.37. The van der Waals surface area contributed by atoms with Crippen molar-refractivity contribution >= 4 is 11.7 Å². The number of ether oxygens (including phenoxy) is 2. The number of ketones is 1. The summed E-state index contributed by atoms with van der Waals surface area (Å²) in [7, 11) is 1.86. The minimum absolute atomic E-state index is 0.0253. The van der Waals surface area contributed by atoms with Crippen LogP contribution in [0.25, 0.3) is 11.1 Å². The van der Waals surface area contributed by atoms with Crippen molar-refractivity contribution in [2.45, 2.75) is 71.9 Å². The number of aromatic hydroxyl groups is 1. The van der Waals surface area contributed by atoms with Crippen molar-refractivity contribution in [2.24, 2.45) is 13.0 Å². The van der Waals surface area contributed by atoms with Crippen LogP contribution in [0.2, 0.25) is 0 Å². The summed E-state index contributed by atoms with van der Waals surface area (Å²) in [6.45, 7) is 9.29. The highest BCUT2D eigenvalue weighted by atomic mass is 19.1. The van der Waals surface area contributed by atoms with Crippen LogP contribution in [0.15, 0.2) is 60.8 Å². The molecule has 6 rings (SSSR count). The molecule has 1 saturated carbocycles. The summed E-state index contributed by atoms with van der Waals surface area (Å²) in [5, 5.41) is 17.4. The zero-order valence-corrected chi connectivity index (χ0v) is 29.5. The molecule has 2 aromatic heterocycles. The van der Waals surface area contributed by atoms with Crippen LogP contribution in [0.4, 0.5) is 4.39 Å². The summed E-state index contributed by atoms with van der Waals surface area (Å²) in [5.41, 5.74) is 4.49. The number of aryl methyl sites for hydroxylation is 2. The first-order valence-electron chi connectivity index (χ1n) is 17.5. The van der Waals surface area contributed by atoms with Crippen molar-refractivity contribution in [1.29, 1.82) is 0 Å². The Balaban J connectivity index is 0.000000219. The first-order chi connectivity index (χ1) is 24.1. The van der Waals surface area contributed by atoms with E-state index in [0.717, 1.165) is 66.5 Å². The summed E-state index contributed by atoms with van der Waals surface area (Å²) in [4.78, 5) is 30.2. The second-order valence-corrected chi connectivity index (χ2v) is 13.2. The molecule has 4 aromatic rings. The van der Waals surface area contributed by atoms with Gasteiger partial charge in [-0.1, -0.05) is 38.0 Å². The molecule has 1 aliphatic carbocycles. The molecule has 0 spiro atoms. The Labute approximate surface area is 293 Å². The molecule has 3 heterocycles. The Bertz CT molecular complexity index is 1740. The van der Waals surface area contributed by atoms with Crippen LogP contribution >= 0.6 is 0 Å². The molecule has 10 nitrogen and oxygen atoms in total. The van der Waals surface area contributed by atoms with Crippen LogP contribution < -0.4 is 10.1 Å². The lowest BCUT2D eigenvalue weighted by Gasteiger charge is -2.28. The van der Waals surface area contributed by atoms with E-state index in [1.165, 1.54) is 32.6 Å². The van der Waals surface area contributed by atoms with Crippen molar-refractivity contribution in [3.05, 3.63) is 89.1 Å². The van der Waals surface area contributed by atoms with E-state index < -0.39 is 5.82 Å². The molecule has 0 unspecified atom stereocenters. The van der Waals surface area contributed by atoms with E-state index in [4.69, 9.17) is 9.47 Å². The molecule has 11 heteroatoms. The van der Waals surface area contributed by atoms with Crippen molar-refractivity contribution < 1.29 is 28.6 Å². The van der Waals surface area contributed by atoms with Gasteiger partial charge in [0.05, 0.1) is 25.0 Å². The van der Waals surface area contributed by atoms with E-state index in [0.29, 0.717) is 37.2 Å². The molecule has 0 radical (unpaired) electrons. The maximum atomic E-state index is 13.5. The van der Waals surface area contributed by atoms with Gasteiger partial charge in [0.1, 0.15) is 23.0 Å². The molecule has 0 bridgehead atoms. The SMILES string of the molecule is CC(=O)c1cc(F)cnc1Oc1cccc(-c2ccc(O)cc2CN2CCOCC2)c1.CCCC1CCC(NC(=O)c2cc(C)n(C)n2)CC1. The van der Waals surface area contributed by atoms with Gasteiger partial charge in [-0.25, -0.2) is 9.37 Å². The largest absolute Gasteiger partial charge is 0.508 e. The molecular weight excluding hydrogens is 637 g/mol. The topological polar surface area (TPSA) is 119 Å². The van der Waals surface area contributed by atoms with Gasteiger partial charge in [0.15, 0.2) is 5.78 Å². The number of carbonyl (C=O) groups excluding carboxylic acids is 2. The average molecular weight is 686 g/mol. The molecule has 1 aliphatic heterocycles. The number of hydrogen-bond donors (Lipinski definition) is 2. The fraction of sp³-hybridized carbons (Fsp3) is 0.436. The second-order valence-electron chi connectivity index (χ2n) is 13.2. The van der Waals surface area contributed by atoms with Gasteiger partial charge in [-0.15, -0.1) is 0 Å². The number of carbonyl (C=O) groups is 2. The first-order valence-corrected chi connectivity index (χ1v) is 17.5. The minimum Gasteiger partial charge on any atom is -0.508 e. The zero-order valence-electron chi connectivity index (χ0n) is 29.5. The van der Waals surface area contributed by atoms with Crippen LogP contribution in [-0.2, 0) is 18.3 Å². The highest BCUT2D eigenvalue weighted by Crippen LogP contribution is 2.33. The summed E-state index contributed by atoms with van der Waals surface area (Å²) in [6, 6.07) is 16.0. The number of nitrogens with zero attached hydrogens (tertiary/aromatic N) is 4. The maximum absolute atomic E-state index is 13.5. The number of hydrogen-bond acceptors (Lipinski definition) is 8. The van der Waals surface area contributed by atoms with Gasteiger partial charge in [-0.05, 0) is 98.5 Å². The Morgan fingerprint density at radius 3 is 2.50 bits per heavy atom. The van der Waals surface area contributed by atoms with E-state index in [1.807, 2.05) is 44.3 Å². The lowest BCUT2D eigenvalue weighted by molar-refractivity contribution is 0.0342. The second kappa shape index (κ2) is 17.4. The van der Waals surface area contributed by atoms with Crippen LogP contribution in [-0.4, -0.2) is 68.8 Å². The molecular formula is C39H48FN5O5. The Morgan fingerprint density at radius 1 is 1.06 bits per heavy atom. The molecule has 0 atom stereocenters. The molecule has 2 fully saturated rings. The Hall–Kier alpha value is -4.61. The first kappa shape index (κ1) is 36.7. The van der Waals surface area contributed by atoms with E-state index in [-0.39, 0.29) is 28.9 Å². The number of pyridine rings is 1. The number of phenols is 1. The highest BCUT2D eigenvalue weighted by Gasteiger charge is 2.23. The predicted molar refractivity (Wildman–Crippen MR) is 190 cm³/mol. The van der Waals surface area contributed by atoms with E-state index >= 15 is 0 Å². The number of nitrogens with one attached hydrogen (secondary N) is 1.